The second-order valence-electron chi connectivity index (χ2n) is 7.35. The quantitative estimate of drug-likeness (QED) is 0.314. The van der Waals surface area contributed by atoms with Crippen molar-refractivity contribution in [1.82, 2.24) is 20.4 Å². The topological polar surface area (TPSA) is 104 Å². The predicted octanol–water partition coefficient (Wildman–Crippen LogP) is 3.53. The molecule has 1 heterocycles. The largest absolute Gasteiger partial charge is 0.382 e. The maximum atomic E-state index is 13.2. The number of nitrogens with two attached hydrogens (primary N) is 1. The molecule has 1 unspecified atom stereocenters. The fourth-order valence-corrected chi connectivity index (χ4v) is 3.22. The monoisotopic (exact) mass is 413 g/mol. The van der Waals surface area contributed by atoms with Crippen molar-refractivity contribution in [3.05, 3.63) is 41.3 Å². The number of benzene rings is 1. The summed E-state index contributed by atoms with van der Waals surface area (Å²) in [6, 6.07) is 8.35. The van der Waals surface area contributed by atoms with Crippen LogP contribution in [0.5, 0.6) is 0 Å². The van der Waals surface area contributed by atoms with Crippen LogP contribution in [0.25, 0.3) is 5.69 Å². The van der Waals surface area contributed by atoms with Gasteiger partial charge in [0, 0.05) is 19.6 Å². The van der Waals surface area contributed by atoms with Gasteiger partial charge >= 0.3 is 0 Å². The second kappa shape index (κ2) is 11.8. The number of hydrogen-bond acceptors (Lipinski definition) is 4. The molecular weight excluding hydrogens is 381 g/mol. The molecule has 2 aromatic rings. The Bertz CT molecular complexity index is 865. The Kier molecular flexibility index (Phi) is 9.13. The first-order chi connectivity index (χ1) is 14.5. The standard InChI is InChI=1S/C22H32FN7/c1-4-5-6-8-16(2)28-22(26-3)27-14-7-9-20-19(15-24)21(25)30(29-20)18-12-10-17(23)11-13-18/h10-13,16H,4-9,14,25H2,1-3H3,(H2,26,27,28). The molecule has 8 heteroatoms. The lowest BCUT2D eigenvalue weighted by Crippen LogP contribution is -2.42. The molecule has 0 aliphatic carbocycles. The van der Waals surface area contributed by atoms with Crippen molar-refractivity contribution in [3.8, 4) is 11.8 Å². The van der Waals surface area contributed by atoms with Gasteiger partial charge in [-0.15, -0.1) is 0 Å². The first-order valence-electron chi connectivity index (χ1n) is 10.5. The maximum Gasteiger partial charge on any atom is 0.191 e. The molecule has 0 saturated heterocycles. The van der Waals surface area contributed by atoms with E-state index in [0.29, 0.717) is 36.0 Å². The van der Waals surface area contributed by atoms with Crippen molar-refractivity contribution >= 4 is 11.8 Å². The average Bonchev–Trinajstić information content (AvgIpc) is 3.06. The molecule has 0 saturated carbocycles. The van der Waals surface area contributed by atoms with Gasteiger partial charge in [-0.1, -0.05) is 26.2 Å². The van der Waals surface area contributed by atoms with E-state index in [1.165, 1.54) is 36.1 Å². The van der Waals surface area contributed by atoms with E-state index in [4.69, 9.17) is 5.73 Å². The number of hydrogen-bond donors (Lipinski definition) is 3. The van der Waals surface area contributed by atoms with Crippen LogP contribution >= 0.6 is 0 Å². The van der Waals surface area contributed by atoms with Gasteiger partial charge in [-0.2, -0.15) is 10.4 Å². The number of guanidine groups is 1. The zero-order valence-corrected chi connectivity index (χ0v) is 18.1. The summed E-state index contributed by atoms with van der Waals surface area (Å²) in [4.78, 5) is 4.27. The molecule has 4 N–H and O–H groups in total. The summed E-state index contributed by atoms with van der Waals surface area (Å²) < 4.78 is 14.7. The fourth-order valence-electron chi connectivity index (χ4n) is 3.22. The molecular formula is C22H32FN7. The Labute approximate surface area is 178 Å². The molecule has 0 radical (unpaired) electrons. The van der Waals surface area contributed by atoms with Crippen LogP contribution in [0.4, 0.5) is 10.2 Å². The number of rotatable bonds is 10. The van der Waals surface area contributed by atoms with E-state index in [9.17, 15) is 9.65 Å². The zero-order chi connectivity index (χ0) is 21.9. The molecule has 7 nitrogen and oxygen atoms in total. The fraction of sp³-hybridized carbons (Fsp3) is 0.500. The van der Waals surface area contributed by atoms with Gasteiger partial charge in [0.2, 0.25) is 0 Å². The van der Waals surface area contributed by atoms with Crippen LogP contribution in [0.3, 0.4) is 0 Å². The zero-order valence-electron chi connectivity index (χ0n) is 18.1. The van der Waals surface area contributed by atoms with Gasteiger partial charge in [0.15, 0.2) is 5.96 Å². The van der Waals surface area contributed by atoms with Crippen LogP contribution in [-0.4, -0.2) is 35.4 Å². The van der Waals surface area contributed by atoms with Crippen molar-refractivity contribution in [3.63, 3.8) is 0 Å². The highest BCUT2D eigenvalue weighted by atomic mass is 19.1. The van der Waals surface area contributed by atoms with Gasteiger partial charge in [-0.05, 0) is 50.5 Å². The summed E-state index contributed by atoms with van der Waals surface area (Å²) in [5.74, 6) is 0.708. The minimum atomic E-state index is -0.335. The smallest absolute Gasteiger partial charge is 0.191 e. The number of nitrogen functional groups attached to an aromatic ring is 1. The van der Waals surface area contributed by atoms with Crippen molar-refractivity contribution in [2.75, 3.05) is 19.3 Å². The second-order valence-corrected chi connectivity index (χ2v) is 7.35. The highest BCUT2D eigenvalue weighted by Gasteiger charge is 2.16. The molecule has 0 fully saturated rings. The molecule has 0 amide bonds. The number of nitrogens with one attached hydrogen (secondary N) is 2. The molecule has 1 aromatic heterocycles. The Hall–Kier alpha value is -3.08. The molecule has 1 atom stereocenters. The van der Waals surface area contributed by atoms with E-state index >= 15 is 0 Å². The SMILES string of the molecule is CCCCCC(C)NC(=NC)NCCCc1nn(-c2ccc(F)cc2)c(N)c1C#N. The van der Waals surface area contributed by atoms with Crippen LogP contribution in [0.15, 0.2) is 29.3 Å². The number of nitrogens with zero attached hydrogens (tertiary/aromatic N) is 4. The highest BCUT2D eigenvalue weighted by molar-refractivity contribution is 5.79. The van der Waals surface area contributed by atoms with Gasteiger partial charge in [-0.3, -0.25) is 4.99 Å². The number of aromatic nitrogens is 2. The third-order valence-electron chi connectivity index (χ3n) is 4.91. The first-order valence-corrected chi connectivity index (χ1v) is 10.5. The number of unbranched alkanes of at least 4 members (excludes halogenated alkanes) is 2. The third kappa shape index (κ3) is 6.48. The molecule has 30 heavy (non-hydrogen) atoms. The van der Waals surface area contributed by atoms with Crippen LogP contribution in [0.1, 0.15) is 57.2 Å². The van der Waals surface area contributed by atoms with E-state index in [1.807, 2.05) is 0 Å². The Morgan fingerprint density at radius 2 is 2.03 bits per heavy atom. The summed E-state index contributed by atoms with van der Waals surface area (Å²) in [6.45, 7) is 5.05. The normalized spacial score (nSPS) is 12.4. The number of nitriles is 1. The summed E-state index contributed by atoms with van der Waals surface area (Å²) in [7, 11) is 1.76. The van der Waals surface area contributed by atoms with Crippen molar-refractivity contribution in [2.45, 2.75) is 58.4 Å². The van der Waals surface area contributed by atoms with Gasteiger partial charge in [-0.25, -0.2) is 9.07 Å². The van der Waals surface area contributed by atoms with Crippen molar-refractivity contribution in [1.29, 1.82) is 5.26 Å². The minimum Gasteiger partial charge on any atom is -0.382 e. The molecule has 2 rings (SSSR count). The van der Waals surface area contributed by atoms with E-state index in [2.05, 4.69) is 40.6 Å². The number of aryl methyl sites for hydroxylation is 1. The van der Waals surface area contributed by atoms with E-state index in [1.54, 1.807) is 19.2 Å². The summed E-state index contributed by atoms with van der Waals surface area (Å²) >= 11 is 0. The summed E-state index contributed by atoms with van der Waals surface area (Å²) in [5, 5.41) is 20.7. The molecule has 162 valence electrons. The molecule has 0 bridgehead atoms. The van der Waals surface area contributed by atoms with Crippen LogP contribution in [0.2, 0.25) is 0 Å². The van der Waals surface area contributed by atoms with Crippen LogP contribution in [-0.2, 0) is 6.42 Å². The minimum absolute atomic E-state index is 0.269. The first kappa shape index (κ1) is 23.2. The van der Waals surface area contributed by atoms with Crippen LogP contribution < -0.4 is 16.4 Å². The average molecular weight is 414 g/mol. The highest BCUT2D eigenvalue weighted by Crippen LogP contribution is 2.21. The van der Waals surface area contributed by atoms with E-state index < -0.39 is 0 Å². The summed E-state index contributed by atoms with van der Waals surface area (Å²) in [6.07, 6.45) is 6.13. The molecule has 0 aliphatic heterocycles. The van der Waals surface area contributed by atoms with Crippen LogP contribution in [0, 0.1) is 17.1 Å². The van der Waals surface area contributed by atoms with Gasteiger partial charge in [0.1, 0.15) is 23.3 Å². The lowest BCUT2D eigenvalue weighted by Gasteiger charge is -2.17. The Balaban J connectivity index is 1.90. The van der Waals surface area contributed by atoms with Gasteiger partial charge in [0.05, 0.1) is 11.4 Å². The Morgan fingerprint density at radius 1 is 1.30 bits per heavy atom. The van der Waals surface area contributed by atoms with Gasteiger partial charge in [0.25, 0.3) is 0 Å². The van der Waals surface area contributed by atoms with E-state index in [0.717, 1.165) is 18.8 Å². The molecule has 0 spiro atoms. The number of halogens is 1. The summed E-state index contributed by atoms with van der Waals surface area (Å²) in [5.41, 5.74) is 7.73. The third-order valence-corrected chi connectivity index (χ3v) is 4.91. The maximum absolute atomic E-state index is 13.2. The number of aliphatic imine (C=N–C) groups is 1. The Morgan fingerprint density at radius 3 is 2.67 bits per heavy atom. The van der Waals surface area contributed by atoms with Gasteiger partial charge < -0.3 is 16.4 Å². The number of anilines is 1. The molecule has 1 aromatic carbocycles. The van der Waals surface area contributed by atoms with E-state index in [-0.39, 0.29) is 11.6 Å². The lowest BCUT2D eigenvalue weighted by molar-refractivity contribution is 0.546. The van der Waals surface area contributed by atoms with Crippen molar-refractivity contribution < 1.29 is 4.39 Å². The van der Waals surface area contributed by atoms with Crippen molar-refractivity contribution in [2.24, 2.45) is 4.99 Å². The lowest BCUT2D eigenvalue weighted by atomic mass is 10.1. The molecule has 0 aliphatic rings. The predicted molar refractivity (Wildman–Crippen MR) is 119 cm³/mol.